The van der Waals surface area contributed by atoms with Crippen LogP contribution in [0.2, 0.25) is 0 Å². The first-order chi connectivity index (χ1) is 11.5. The highest BCUT2D eigenvalue weighted by atomic mass is 16.5. The van der Waals surface area contributed by atoms with Gasteiger partial charge in [0.05, 0.1) is 6.54 Å². The normalized spacial score (nSPS) is 21.1. The van der Waals surface area contributed by atoms with Gasteiger partial charge in [-0.2, -0.15) is 5.10 Å². The van der Waals surface area contributed by atoms with E-state index in [2.05, 4.69) is 35.1 Å². The number of aliphatic hydroxyl groups excluding tert-OH is 1. The van der Waals surface area contributed by atoms with Crippen molar-refractivity contribution in [3.63, 3.8) is 0 Å². The summed E-state index contributed by atoms with van der Waals surface area (Å²) in [4.78, 5) is 17.7. The van der Waals surface area contributed by atoms with Crippen LogP contribution < -0.4 is 4.74 Å². The van der Waals surface area contributed by atoms with Gasteiger partial charge in [-0.05, 0) is 23.6 Å². The van der Waals surface area contributed by atoms with E-state index in [0.29, 0.717) is 18.9 Å². The topological polar surface area (TPSA) is 91.3 Å². The predicted molar refractivity (Wildman–Crippen MR) is 87.9 cm³/mol. The van der Waals surface area contributed by atoms with Crippen molar-refractivity contribution in [2.24, 2.45) is 0 Å². The van der Waals surface area contributed by atoms with Gasteiger partial charge in [0.1, 0.15) is 24.3 Å². The van der Waals surface area contributed by atoms with E-state index in [9.17, 15) is 9.90 Å². The molecule has 0 aliphatic carbocycles. The summed E-state index contributed by atoms with van der Waals surface area (Å²) in [7, 11) is 0. The highest BCUT2D eigenvalue weighted by molar-refractivity contribution is 5.90. The standard InChI is InChI=1S/C17H22N4O3/c1-11(2)12-4-3-5-13(8-12)24-15-6-7-21(9-14(15)22)17(23)16-18-10-19-20-16/h3-5,8,10-11,14-15,22H,6-7,9H2,1-2H3,(H,18,19,20)/t14-,15-/m1/s1. The fourth-order valence-corrected chi connectivity index (χ4v) is 2.81. The summed E-state index contributed by atoms with van der Waals surface area (Å²) in [5.41, 5.74) is 1.19. The molecule has 0 spiro atoms. The first kappa shape index (κ1) is 16.4. The van der Waals surface area contributed by atoms with Gasteiger partial charge in [0.15, 0.2) is 0 Å². The first-order valence-corrected chi connectivity index (χ1v) is 8.14. The molecule has 1 fully saturated rings. The SMILES string of the molecule is CC(C)c1cccc(O[C@@H]2CCN(C(=O)c3ncn[nH]3)C[C@H]2O)c1. The number of amides is 1. The summed E-state index contributed by atoms with van der Waals surface area (Å²) in [5, 5.41) is 16.6. The van der Waals surface area contributed by atoms with Crippen LogP contribution in [0, 0.1) is 0 Å². The highest BCUT2D eigenvalue weighted by Gasteiger charge is 2.32. The number of likely N-dealkylation sites (tertiary alicyclic amines) is 1. The zero-order valence-electron chi connectivity index (χ0n) is 13.8. The maximum Gasteiger partial charge on any atom is 0.291 e. The van der Waals surface area contributed by atoms with Crippen molar-refractivity contribution in [2.75, 3.05) is 13.1 Å². The van der Waals surface area contributed by atoms with Crippen LogP contribution in [0.4, 0.5) is 0 Å². The van der Waals surface area contributed by atoms with Crippen molar-refractivity contribution >= 4 is 5.91 Å². The number of carbonyl (C=O) groups excluding carboxylic acids is 1. The second kappa shape index (κ2) is 7.00. The van der Waals surface area contributed by atoms with Gasteiger partial charge in [-0.3, -0.25) is 9.89 Å². The molecule has 7 nitrogen and oxygen atoms in total. The molecule has 0 unspecified atom stereocenters. The zero-order chi connectivity index (χ0) is 17.1. The third-order valence-corrected chi connectivity index (χ3v) is 4.24. The highest BCUT2D eigenvalue weighted by Crippen LogP contribution is 2.24. The molecule has 24 heavy (non-hydrogen) atoms. The molecule has 0 radical (unpaired) electrons. The Morgan fingerprint density at radius 1 is 1.46 bits per heavy atom. The lowest BCUT2D eigenvalue weighted by Gasteiger charge is -2.35. The summed E-state index contributed by atoms with van der Waals surface area (Å²) >= 11 is 0. The molecular weight excluding hydrogens is 308 g/mol. The second-order valence-electron chi connectivity index (χ2n) is 6.32. The van der Waals surface area contributed by atoms with Crippen molar-refractivity contribution in [3.05, 3.63) is 42.0 Å². The maximum atomic E-state index is 12.2. The summed E-state index contributed by atoms with van der Waals surface area (Å²) < 4.78 is 5.95. The fraction of sp³-hybridized carbons (Fsp3) is 0.471. The van der Waals surface area contributed by atoms with Crippen molar-refractivity contribution in [1.82, 2.24) is 20.1 Å². The van der Waals surface area contributed by atoms with E-state index in [1.807, 2.05) is 18.2 Å². The van der Waals surface area contributed by atoms with E-state index in [1.54, 1.807) is 4.90 Å². The molecule has 3 rings (SSSR count). The molecule has 128 valence electrons. The number of β-amino-alcohol motifs (C(OH)–C–C–N with tert-alkyl or cyclic N) is 1. The third kappa shape index (κ3) is 3.56. The summed E-state index contributed by atoms with van der Waals surface area (Å²) in [6.45, 7) is 4.97. The number of aromatic amines is 1. The molecule has 2 aromatic rings. The number of nitrogens with one attached hydrogen (secondary N) is 1. The van der Waals surface area contributed by atoms with Gasteiger partial charge >= 0.3 is 0 Å². The first-order valence-electron chi connectivity index (χ1n) is 8.14. The van der Waals surface area contributed by atoms with Crippen LogP contribution in [0.1, 0.15) is 42.4 Å². The monoisotopic (exact) mass is 330 g/mol. The lowest BCUT2D eigenvalue weighted by atomic mass is 10.0. The molecule has 2 heterocycles. The Morgan fingerprint density at radius 2 is 2.29 bits per heavy atom. The molecule has 0 bridgehead atoms. The Labute approximate surface area is 140 Å². The van der Waals surface area contributed by atoms with Crippen molar-refractivity contribution < 1.29 is 14.6 Å². The molecule has 7 heteroatoms. The number of hydrogen-bond donors (Lipinski definition) is 2. The molecule has 1 aliphatic heterocycles. The Balaban J connectivity index is 1.62. The van der Waals surface area contributed by atoms with Gasteiger partial charge < -0.3 is 14.7 Å². The molecule has 1 aromatic heterocycles. The number of nitrogens with zero attached hydrogens (tertiary/aromatic N) is 3. The second-order valence-corrected chi connectivity index (χ2v) is 6.32. The average Bonchev–Trinajstić information content (AvgIpc) is 3.11. The Morgan fingerprint density at radius 3 is 2.96 bits per heavy atom. The molecule has 2 atom stereocenters. The van der Waals surface area contributed by atoms with Gasteiger partial charge in [-0.25, -0.2) is 4.98 Å². The molecular formula is C17H22N4O3. The minimum Gasteiger partial charge on any atom is -0.488 e. The van der Waals surface area contributed by atoms with Crippen LogP contribution in [0.3, 0.4) is 0 Å². The van der Waals surface area contributed by atoms with Gasteiger partial charge in [0.2, 0.25) is 5.82 Å². The van der Waals surface area contributed by atoms with Crippen molar-refractivity contribution in [3.8, 4) is 5.75 Å². The van der Waals surface area contributed by atoms with E-state index in [1.165, 1.54) is 11.9 Å². The minimum atomic E-state index is -0.742. The summed E-state index contributed by atoms with van der Waals surface area (Å²) in [6.07, 6.45) is 0.785. The van der Waals surface area contributed by atoms with Gasteiger partial charge in [0, 0.05) is 13.0 Å². The molecule has 1 aliphatic rings. The van der Waals surface area contributed by atoms with Crippen LogP contribution in [0.5, 0.6) is 5.75 Å². The molecule has 1 aromatic carbocycles. The van der Waals surface area contributed by atoms with Crippen molar-refractivity contribution in [2.45, 2.75) is 38.4 Å². The summed E-state index contributed by atoms with van der Waals surface area (Å²) in [5.74, 6) is 1.10. The van der Waals surface area contributed by atoms with E-state index in [4.69, 9.17) is 4.74 Å². The zero-order valence-corrected chi connectivity index (χ0v) is 13.8. The van der Waals surface area contributed by atoms with E-state index in [-0.39, 0.29) is 24.4 Å². The largest absolute Gasteiger partial charge is 0.488 e. The number of H-pyrrole nitrogens is 1. The quantitative estimate of drug-likeness (QED) is 0.888. The lowest BCUT2D eigenvalue weighted by molar-refractivity contribution is -0.0202. The average molecular weight is 330 g/mol. The number of aromatic nitrogens is 3. The Hall–Kier alpha value is -2.41. The maximum absolute atomic E-state index is 12.2. The van der Waals surface area contributed by atoms with E-state index >= 15 is 0 Å². The minimum absolute atomic E-state index is 0.186. The Kier molecular flexibility index (Phi) is 4.80. The number of piperidine rings is 1. The summed E-state index contributed by atoms with van der Waals surface area (Å²) in [6, 6.07) is 7.92. The van der Waals surface area contributed by atoms with Crippen LogP contribution in [-0.4, -0.2) is 56.4 Å². The lowest BCUT2D eigenvalue weighted by Crippen LogP contribution is -2.51. The van der Waals surface area contributed by atoms with Crippen molar-refractivity contribution in [1.29, 1.82) is 0 Å². The number of aliphatic hydroxyl groups is 1. The van der Waals surface area contributed by atoms with E-state index in [0.717, 1.165) is 5.75 Å². The molecule has 2 N–H and O–H groups in total. The molecule has 1 amide bonds. The number of hydrogen-bond acceptors (Lipinski definition) is 5. The smallest absolute Gasteiger partial charge is 0.291 e. The molecule has 1 saturated heterocycles. The number of rotatable bonds is 4. The predicted octanol–water partition coefficient (Wildman–Crippen LogP) is 1.58. The number of ether oxygens (including phenoxy) is 1. The fourth-order valence-electron chi connectivity index (χ4n) is 2.81. The van der Waals surface area contributed by atoms with Crippen LogP contribution >= 0.6 is 0 Å². The van der Waals surface area contributed by atoms with Gasteiger partial charge in [-0.15, -0.1) is 0 Å². The third-order valence-electron chi connectivity index (χ3n) is 4.24. The van der Waals surface area contributed by atoms with Crippen LogP contribution in [0.25, 0.3) is 0 Å². The Bertz CT molecular complexity index is 687. The van der Waals surface area contributed by atoms with Crippen LogP contribution in [-0.2, 0) is 0 Å². The van der Waals surface area contributed by atoms with Crippen LogP contribution in [0.15, 0.2) is 30.6 Å². The van der Waals surface area contributed by atoms with Gasteiger partial charge in [0.25, 0.3) is 5.91 Å². The number of benzene rings is 1. The van der Waals surface area contributed by atoms with E-state index < -0.39 is 6.10 Å². The number of carbonyl (C=O) groups is 1. The van der Waals surface area contributed by atoms with Gasteiger partial charge in [-0.1, -0.05) is 26.0 Å². The molecule has 0 saturated carbocycles.